The Morgan fingerprint density at radius 1 is 1.00 bits per heavy atom. The van der Waals surface area contributed by atoms with E-state index in [4.69, 9.17) is 4.74 Å². The molecular formula is C22H28N2O3. The van der Waals surface area contributed by atoms with E-state index >= 15 is 0 Å². The summed E-state index contributed by atoms with van der Waals surface area (Å²) in [6.07, 6.45) is 1.01. The van der Waals surface area contributed by atoms with Crippen LogP contribution in [0.25, 0.3) is 0 Å². The molecule has 0 atom stereocenters. The van der Waals surface area contributed by atoms with Gasteiger partial charge >= 0.3 is 0 Å². The fourth-order valence-corrected chi connectivity index (χ4v) is 2.93. The molecule has 0 saturated carbocycles. The molecule has 0 aliphatic heterocycles. The molecule has 1 N–H and O–H groups in total. The number of benzene rings is 2. The fourth-order valence-electron chi connectivity index (χ4n) is 2.93. The average molecular weight is 368 g/mol. The lowest BCUT2D eigenvalue weighted by atomic mass is 10.1. The van der Waals surface area contributed by atoms with Crippen molar-refractivity contribution in [2.75, 3.05) is 25.5 Å². The molecule has 144 valence electrons. The SMILES string of the molecule is COc1ccc(CCN(CCC(=O)Nc2c(C)cccc2C)C(C)=O)cc1. The van der Waals surface area contributed by atoms with Crippen molar-refractivity contribution in [2.24, 2.45) is 0 Å². The fraction of sp³-hybridized carbons (Fsp3) is 0.364. The Balaban J connectivity index is 1.88. The molecule has 2 amide bonds. The summed E-state index contributed by atoms with van der Waals surface area (Å²) in [6.45, 7) is 6.47. The van der Waals surface area contributed by atoms with E-state index in [0.717, 1.165) is 34.5 Å². The van der Waals surface area contributed by atoms with E-state index in [1.165, 1.54) is 6.92 Å². The van der Waals surface area contributed by atoms with Crippen molar-refractivity contribution in [3.63, 3.8) is 0 Å². The molecule has 2 aromatic carbocycles. The zero-order valence-corrected chi connectivity index (χ0v) is 16.5. The Morgan fingerprint density at radius 2 is 1.63 bits per heavy atom. The zero-order chi connectivity index (χ0) is 19.8. The first-order chi connectivity index (χ1) is 12.9. The predicted molar refractivity (Wildman–Crippen MR) is 108 cm³/mol. The molecule has 0 saturated heterocycles. The highest BCUT2D eigenvalue weighted by molar-refractivity contribution is 5.92. The zero-order valence-electron chi connectivity index (χ0n) is 16.5. The van der Waals surface area contributed by atoms with Crippen LogP contribution in [0.5, 0.6) is 5.75 Å². The van der Waals surface area contributed by atoms with Crippen molar-refractivity contribution in [2.45, 2.75) is 33.6 Å². The van der Waals surface area contributed by atoms with Crippen molar-refractivity contribution in [3.05, 3.63) is 59.2 Å². The third-order valence-corrected chi connectivity index (χ3v) is 4.63. The van der Waals surface area contributed by atoms with Gasteiger partial charge < -0.3 is 15.0 Å². The van der Waals surface area contributed by atoms with Gasteiger partial charge in [-0.1, -0.05) is 30.3 Å². The van der Waals surface area contributed by atoms with Gasteiger partial charge in [-0.15, -0.1) is 0 Å². The molecule has 2 rings (SSSR count). The van der Waals surface area contributed by atoms with Crippen LogP contribution in [0.15, 0.2) is 42.5 Å². The van der Waals surface area contributed by atoms with Crippen LogP contribution in [-0.4, -0.2) is 36.9 Å². The number of nitrogens with one attached hydrogen (secondary N) is 1. The summed E-state index contributed by atoms with van der Waals surface area (Å²) in [6, 6.07) is 13.7. The molecule has 0 aliphatic rings. The van der Waals surface area contributed by atoms with Gasteiger partial charge in [-0.05, 0) is 49.1 Å². The minimum absolute atomic E-state index is 0.0246. The topological polar surface area (TPSA) is 58.6 Å². The average Bonchev–Trinajstić information content (AvgIpc) is 2.65. The summed E-state index contributed by atoms with van der Waals surface area (Å²) < 4.78 is 5.15. The van der Waals surface area contributed by atoms with E-state index in [9.17, 15) is 9.59 Å². The van der Waals surface area contributed by atoms with Gasteiger partial charge in [0, 0.05) is 32.1 Å². The first-order valence-corrected chi connectivity index (χ1v) is 9.15. The number of para-hydroxylation sites is 1. The van der Waals surface area contributed by atoms with E-state index in [1.54, 1.807) is 12.0 Å². The minimum Gasteiger partial charge on any atom is -0.497 e. The van der Waals surface area contributed by atoms with Crippen LogP contribution in [0.4, 0.5) is 5.69 Å². The number of anilines is 1. The smallest absolute Gasteiger partial charge is 0.226 e. The maximum Gasteiger partial charge on any atom is 0.226 e. The molecule has 27 heavy (non-hydrogen) atoms. The van der Waals surface area contributed by atoms with E-state index in [1.807, 2.05) is 56.3 Å². The van der Waals surface area contributed by atoms with E-state index in [0.29, 0.717) is 13.1 Å². The van der Waals surface area contributed by atoms with Crippen LogP contribution >= 0.6 is 0 Å². The first kappa shape index (κ1) is 20.5. The summed E-state index contributed by atoms with van der Waals surface area (Å²) in [4.78, 5) is 26.0. The lowest BCUT2D eigenvalue weighted by molar-refractivity contribution is -0.129. The summed E-state index contributed by atoms with van der Waals surface area (Å²) >= 11 is 0. The monoisotopic (exact) mass is 368 g/mol. The first-order valence-electron chi connectivity index (χ1n) is 9.15. The number of carbonyl (C=O) groups excluding carboxylic acids is 2. The molecule has 0 heterocycles. The maximum atomic E-state index is 12.3. The molecule has 0 spiro atoms. The Hall–Kier alpha value is -2.82. The van der Waals surface area contributed by atoms with Crippen molar-refractivity contribution in [3.8, 4) is 5.75 Å². The van der Waals surface area contributed by atoms with Crippen molar-refractivity contribution in [1.82, 2.24) is 4.90 Å². The normalized spacial score (nSPS) is 10.4. The lowest BCUT2D eigenvalue weighted by Gasteiger charge is -2.21. The molecule has 5 nitrogen and oxygen atoms in total. The number of methoxy groups -OCH3 is 1. The Kier molecular flexibility index (Phi) is 7.41. The van der Waals surface area contributed by atoms with Gasteiger partial charge in [-0.3, -0.25) is 9.59 Å². The van der Waals surface area contributed by atoms with Crippen LogP contribution < -0.4 is 10.1 Å². The largest absolute Gasteiger partial charge is 0.497 e. The highest BCUT2D eigenvalue weighted by atomic mass is 16.5. The van der Waals surface area contributed by atoms with Gasteiger partial charge in [0.1, 0.15) is 5.75 Å². The molecular weight excluding hydrogens is 340 g/mol. The Bertz CT molecular complexity index is 764. The second-order valence-corrected chi connectivity index (χ2v) is 6.67. The van der Waals surface area contributed by atoms with Gasteiger partial charge in [-0.25, -0.2) is 0 Å². The molecule has 0 fully saturated rings. The highest BCUT2D eigenvalue weighted by Crippen LogP contribution is 2.19. The van der Waals surface area contributed by atoms with Crippen LogP contribution in [0.3, 0.4) is 0 Å². The Morgan fingerprint density at radius 3 is 2.19 bits per heavy atom. The molecule has 0 radical (unpaired) electrons. The number of aryl methyl sites for hydroxylation is 2. The third kappa shape index (κ3) is 6.13. The van der Waals surface area contributed by atoms with Gasteiger partial charge in [0.15, 0.2) is 0 Å². The number of amides is 2. The van der Waals surface area contributed by atoms with E-state index in [-0.39, 0.29) is 18.2 Å². The molecule has 5 heteroatoms. The van der Waals surface area contributed by atoms with E-state index < -0.39 is 0 Å². The van der Waals surface area contributed by atoms with Gasteiger partial charge in [0.2, 0.25) is 11.8 Å². The summed E-state index contributed by atoms with van der Waals surface area (Å²) in [7, 11) is 1.63. The number of ether oxygens (including phenoxy) is 1. The van der Waals surface area contributed by atoms with E-state index in [2.05, 4.69) is 5.32 Å². The van der Waals surface area contributed by atoms with Gasteiger partial charge in [0.05, 0.1) is 7.11 Å². The third-order valence-electron chi connectivity index (χ3n) is 4.63. The predicted octanol–water partition coefficient (Wildman–Crippen LogP) is 3.73. The molecule has 0 unspecified atom stereocenters. The summed E-state index contributed by atoms with van der Waals surface area (Å²) in [5.41, 5.74) is 4.05. The maximum absolute atomic E-state index is 12.3. The van der Waals surface area contributed by atoms with Gasteiger partial charge in [0.25, 0.3) is 0 Å². The minimum atomic E-state index is -0.0805. The number of rotatable bonds is 8. The van der Waals surface area contributed by atoms with Crippen LogP contribution in [0.1, 0.15) is 30.0 Å². The number of nitrogens with zero attached hydrogens (tertiary/aromatic N) is 1. The van der Waals surface area contributed by atoms with Crippen molar-refractivity contribution in [1.29, 1.82) is 0 Å². The number of hydrogen-bond donors (Lipinski definition) is 1. The van der Waals surface area contributed by atoms with Crippen LogP contribution in [-0.2, 0) is 16.0 Å². The summed E-state index contributed by atoms with van der Waals surface area (Å²) in [5, 5.41) is 2.97. The standard InChI is InChI=1S/C22H28N2O3/c1-16-6-5-7-17(2)22(16)23-21(26)13-15-24(18(3)25)14-12-19-8-10-20(27-4)11-9-19/h5-11H,12-15H2,1-4H3,(H,23,26). The van der Waals surface area contributed by atoms with Crippen LogP contribution in [0, 0.1) is 13.8 Å². The molecule has 2 aromatic rings. The lowest BCUT2D eigenvalue weighted by Crippen LogP contribution is -2.33. The quantitative estimate of drug-likeness (QED) is 0.772. The second-order valence-electron chi connectivity index (χ2n) is 6.67. The van der Waals surface area contributed by atoms with Crippen molar-refractivity contribution < 1.29 is 14.3 Å². The Labute approximate surface area is 161 Å². The molecule has 0 aliphatic carbocycles. The highest BCUT2D eigenvalue weighted by Gasteiger charge is 2.13. The van der Waals surface area contributed by atoms with Crippen molar-refractivity contribution >= 4 is 17.5 Å². The number of carbonyl (C=O) groups is 2. The molecule has 0 aromatic heterocycles. The van der Waals surface area contributed by atoms with Crippen LogP contribution in [0.2, 0.25) is 0 Å². The van der Waals surface area contributed by atoms with Gasteiger partial charge in [-0.2, -0.15) is 0 Å². The second kappa shape index (κ2) is 9.76. The molecule has 0 bridgehead atoms. The summed E-state index contributed by atoms with van der Waals surface area (Å²) in [5.74, 6) is 0.705. The number of hydrogen-bond acceptors (Lipinski definition) is 3.